The number of hydrogen-bond donors (Lipinski definition) is 1. The molecule has 0 aliphatic heterocycles. The maximum Gasteiger partial charge on any atom is 0.0140 e. The van der Waals surface area contributed by atoms with Crippen LogP contribution in [0, 0.1) is 17.3 Å². The first-order valence-corrected chi connectivity index (χ1v) is 4.72. The smallest absolute Gasteiger partial charge is 0.0140 e. The Morgan fingerprint density at radius 3 is 2.50 bits per heavy atom. The van der Waals surface area contributed by atoms with Crippen molar-refractivity contribution in [1.82, 2.24) is 5.32 Å². The molecule has 0 spiro atoms. The summed E-state index contributed by atoms with van der Waals surface area (Å²) in [6.07, 6.45) is 2.21. The maximum atomic E-state index is 3.33. The van der Waals surface area contributed by atoms with E-state index in [1.54, 1.807) is 0 Å². The van der Waals surface area contributed by atoms with Crippen LogP contribution in [0.3, 0.4) is 0 Å². The lowest BCUT2D eigenvalue weighted by Crippen LogP contribution is -2.21. The molecule has 0 bridgehead atoms. The Kier molecular flexibility index (Phi) is 5.84. The van der Waals surface area contributed by atoms with Crippen LogP contribution >= 0.6 is 0 Å². The fourth-order valence-electron chi connectivity index (χ4n) is 1.02. The number of rotatable bonds is 5. The third-order valence-corrected chi connectivity index (χ3v) is 1.97. The van der Waals surface area contributed by atoms with Gasteiger partial charge in [-0.3, -0.25) is 0 Å². The lowest BCUT2D eigenvalue weighted by Gasteiger charge is -2.21. The third-order valence-electron chi connectivity index (χ3n) is 1.97. The fourth-order valence-corrected chi connectivity index (χ4v) is 1.02. The van der Waals surface area contributed by atoms with E-state index < -0.39 is 0 Å². The molecule has 0 aliphatic rings. The molecule has 0 saturated carbocycles. The lowest BCUT2D eigenvalue weighted by molar-refractivity contribution is 0.338. The summed E-state index contributed by atoms with van der Waals surface area (Å²) in [4.78, 5) is 0. The van der Waals surface area contributed by atoms with Crippen molar-refractivity contribution in [2.75, 3.05) is 13.1 Å². The predicted octanol–water partition coefficient (Wildman–Crippen LogP) is 2.43. The Balaban J connectivity index is 3.60. The zero-order valence-corrected chi connectivity index (χ0v) is 8.83. The zero-order valence-electron chi connectivity index (χ0n) is 8.83. The SMILES string of the molecule is CC#CCC(C)(C)CCNCC. The molecule has 0 aromatic carbocycles. The first-order valence-electron chi connectivity index (χ1n) is 4.72. The maximum absolute atomic E-state index is 3.33. The van der Waals surface area contributed by atoms with Crippen molar-refractivity contribution in [3.63, 3.8) is 0 Å². The Morgan fingerprint density at radius 1 is 1.33 bits per heavy atom. The second-order valence-corrected chi connectivity index (χ2v) is 3.87. The first-order chi connectivity index (χ1) is 5.62. The van der Waals surface area contributed by atoms with Gasteiger partial charge >= 0.3 is 0 Å². The van der Waals surface area contributed by atoms with Gasteiger partial charge in [0.05, 0.1) is 0 Å². The molecular weight excluding hydrogens is 146 g/mol. The van der Waals surface area contributed by atoms with Gasteiger partial charge in [-0.1, -0.05) is 20.8 Å². The molecule has 0 heterocycles. The molecule has 12 heavy (non-hydrogen) atoms. The molecule has 1 heteroatoms. The van der Waals surface area contributed by atoms with E-state index in [0.717, 1.165) is 19.5 Å². The summed E-state index contributed by atoms with van der Waals surface area (Å²) in [6, 6.07) is 0. The molecule has 0 amide bonds. The van der Waals surface area contributed by atoms with Gasteiger partial charge in [-0.25, -0.2) is 0 Å². The van der Waals surface area contributed by atoms with Crippen LogP contribution in [0.25, 0.3) is 0 Å². The molecule has 0 fully saturated rings. The highest BCUT2D eigenvalue weighted by Crippen LogP contribution is 2.23. The first kappa shape index (κ1) is 11.5. The second-order valence-electron chi connectivity index (χ2n) is 3.87. The van der Waals surface area contributed by atoms with Crippen molar-refractivity contribution in [2.24, 2.45) is 5.41 Å². The lowest BCUT2D eigenvalue weighted by atomic mass is 9.86. The summed E-state index contributed by atoms with van der Waals surface area (Å²) in [6.45, 7) is 10.8. The van der Waals surface area contributed by atoms with Crippen LogP contribution in [0.4, 0.5) is 0 Å². The van der Waals surface area contributed by atoms with E-state index in [4.69, 9.17) is 0 Å². The molecule has 0 aromatic heterocycles. The van der Waals surface area contributed by atoms with Gasteiger partial charge in [-0.2, -0.15) is 0 Å². The monoisotopic (exact) mass is 167 g/mol. The van der Waals surface area contributed by atoms with Gasteiger partial charge in [0.1, 0.15) is 0 Å². The van der Waals surface area contributed by atoms with E-state index in [-0.39, 0.29) is 0 Å². The summed E-state index contributed by atoms with van der Waals surface area (Å²) < 4.78 is 0. The van der Waals surface area contributed by atoms with Crippen molar-refractivity contribution in [2.45, 2.75) is 40.5 Å². The average Bonchev–Trinajstić information content (AvgIpc) is 2.01. The molecule has 0 radical (unpaired) electrons. The minimum Gasteiger partial charge on any atom is -0.317 e. The van der Waals surface area contributed by atoms with Gasteiger partial charge < -0.3 is 5.32 Å². The van der Waals surface area contributed by atoms with Crippen LogP contribution < -0.4 is 5.32 Å². The highest BCUT2D eigenvalue weighted by molar-refractivity contribution is 4.98. The van der Waals surface area contributed by atoms with Crippen molar-refractivity contribution < 1.29 is 0 Å². The summed E-state index contributed by atoms with van der Waals surface area (Å²) in [5, 5.41) is 3.33. The predicted molar refractivity (Wildman–Crippen MR) is 55.0 cm³/mol. The van der Waals surface area contributed by atoms with E-state index in [9.17, 15) is 0 Å². The number of hydrogen-bond acceptors (Lipinski definition) is 1. The normalized spacial score (nSPS) is 10.7. The van der Waals surface area contributed by atoms with E-state index in [1.807, 2.05) is 6.92 Å². The Labute approximate surface area is 76.9 Å². The molecule has 1 nitrogen and oxygen atoms in total. The molecule has 0 unspecified atom stereocenters. The van der Waals surface area contributed by atoms with Gasteiger partial charge in [0, 0.05) is 6.42 Å². The van der Waals surface area contributed by atoms with Crippen LogP contribution in [-0.2, 0) is 0 Å². The van der Waals surface area contributed by atoms with Crippen LogP contribution in [0.1, 0.15) is 40.5 Å². The van der Waals surface area contributed by atoms with Crippen LogP contribution in [0.5, 0.6) is 0 Å². The minimum absolute atomic E-state index is 0.366. The molecule has 1 N–H and O–H groups in total. The Hall–Kier alpha value is -0.480. The van der Waals surface area contributed by atoms with Crippen molar-refractivity contribution >= 4 is 0 Å². The fraction of sp³-hybridized carbons (Fsp3) is 0.818. The molecule has 0 saturated heterocycles. The molecule has 0 rings (SSSR count). The molecule has 70 valence electrons. The summed E-state index contributed by atoms with van der Waals surface area (Å²) in [5.41, 5.74) is 0.366. The van der Waals surface area contributed by atoms with Gasteiger partial charge in [-0.05, 0) is 31.8 Å². The standard InChI is InChI=1S/C11H21N/c1-5-7-8-11(3,4)9-10-12-6-2/h12H,6,8-10H2,1-4H3. The largest absolute Gasteiger partial charge is 0.317 e. The van der Waals surface area contributed by atoms with Gasteiger partial charge in [0.25, 0.3) is 0 Å². The van der Waals surface area contributed by atoms with E-state index >= 15 is 0 Å². The van der Waals surface area contributed by atoms with Crippen LogP contribution in [0.15, 0.2) is 0 Å². The molecule has 0 aliphatic carbocycles. The molecular formula is C11H21N. The number of nitrogens with one attached hydrogen (secondary N) is 1. The van der Waals surface area contributed by atoms with Gasteiger partial charge in [0.2, 0.25) is 0 Å². The van der Waals surface area contributed by atoms with Crippen molar-refractivity contribution in [1.29, 1.82) is 0 Å². The van der Waals surface area contributed by atoms with E-state index in [0.29, 0.717) is 5.41 Å². The third kappa shape index (κ3) is 6.24. The average molecular weight is 167 g/mol. The van der Waals surface area contributed by atoms with Crippen LogP contribution in [-0.4, -0.2) is 13.1 Å². The van der Waals surface area contributed by atoms with Crippen molar-refractivity contribution in [3.8, 4) is 11.8 Å². The highest BCUT2D eigenvalue weighted by Gasteiger charge is 2.14. The summed E-state index contributed by atoms with van der Waals surface area (Å²) in [5.74, 6) is 6.08. The quantitative estimate of drug-likeness (QED) is 0.490. The van der Waals surface area contributed by atoms with E-state index in [2.05, 4.69) is 37.9 Å². The second kappa shape index (κ2) is 6.08. The Morgan fingerprint density at radius 2 is 2.00 bits per heavy atom. The van der Waals surface area contributed by atoms with E-state index in [1.165, 1.54) is 6.42 Å². The molecule has 0 aromatic rings. The van der Waals surface area contributed by atoms with Gasteiger partial charge in [0.15, 0.2) is 0 Å². The molecule has 0 atom stereocenters. The van der Waals surface area contributed by atoms with Gasteiger partial charge in [-0.15, -0.1) is 11.8 Å². The van der Waals surface area contributed by atoms with Crippen LogP contribution in [0.2, 0.25) is 0 Å². The Bertz CT molecular complexity index is 160. The summed E-state index contributed by atoms with van der Waals surface area (Å²) >= 11 is 0. The summed E-state index contributed by atoms with van der Waals surface area (Å²) in [7, 11) is 0. The van der Waals surface area contributed by atoms with Crippen molar-refractivity contribution in [3.05, 3.63) is 0 Å². The minimum atomic E-state index is 0.366. The zero-order chi connectivity index (χ0) is 9.45. The highest BCUT2D eigenvalue weighted by atomic mass is 14.8. The topological polar surface area (TPSA) is 12.0 Å².